The van der Waals surface area contributed by atoms with Gasteiger partial charge in [0.15, 0.2) is 0 Å². The second kappa shape index (κ2) is 6.82. The van der Waals surface area contributed by atoms with Gasteiger partial charge in [-0.1, -0.05) is 0 Å². The zero-order chi connectivity index (χ0) is 14.5. The predicted molar refractivity (Wildman–Crippen MR) is 82.7 cm³/mol. The molecule has 0 atom stereocenters. The standard InChI is InChI=1S/C11H15BrN6OS/c1-6(2)19-11-16-9(15-10(17-11)18-13)14-5-7-3-4-8(12)20-7/h3-4,6H,5,13H2,1-2H3,(H2,14,15,16,17,18). The number of halogens is 1. The summed E-state index contributed by atoms with van der Waals surface area (Å²) >= 11 is 5.07. The Labute approximate surface area is 129 Å². The number of ether oxygens (including phenoxy) is 1. The number of hydrazine groups is 1. The van der Waals surface area contributed by atoms with Crippen LogP contribution in [0.2, 0.25) is 0 Å². The molecular weight excluding hydrogens is 344 g/mol. The second-order valence-corrected chi connectivity index (χ2v) is 6.68. The summed E-state index contributed by atoms with van der Waals surface area (Å²) in [5.41, 5.74) is 2.40. The van der Waals surface area contributed by atoms with Gasteiger partial charge in [-0.2, -0.15) is 15.0 Å². The van der Waals surface area contributed by atoms with Crippen molar-refractivity contribution in [1.82, 2.24) is 15.0 Å². The summed E-state index contributed by atoms with van der Waals surface area (Å²) in [5, 5.41) is 3.11. The van der Waals surface area contributed by atoms with E-state index in [9.17, 15) is 0 Å². The Balaban J connectivity index is 2.09. The molecule has 0 aliphatic rings. The zero-order valence-corrected chi connectivity index (χ0v) is 13.5. The van der Waals surface area contributed by atoms with Crippen LogP contribution in [0.3, 0.4) is 0 Å². The van der Waals surface area contributed by atoms with Crippen LogP contribution in [0, 0.1) is 0 Å². The Morgan fingerprint density at radius 1 is 1.30 bits per heavy atom. The molecule has 0 saturated heterocycles. The molecule has 0 spiro atoms. The minimum atomic E-state index is -0.0240. The Morgan fingerprint density at radius 2 is 2.05 bits per heavy atom. The van der Waals surface area contributed by atoms with Gasteiger partial charge >= 0.3 is 6.01 Å². The van der Waals surface area contributed by atoms with Gasteiger partial charge in [-0.15, -0.1) is 11.3 Å². The molecule has 2 heterocycles. The van der Waals surface area contributed by atoms with Gasteiger partial charge < -0.3 is 10.1 Å². The molecule has 0 saturated carbocycles. The van der Waals surface area contributed by atoms with Crippen molar-refractivity contribution in [3.8, 4) is 6.01 Å². The molecule has 7 nitrogen and oxygen atoms in total. The summed E-state index contributed by atoms with van der Waals surface area (Å²) < 4.78 is 6.53. The molecule has 2 aromatic heterocycles. The number of rotatable bonds is 6. The van der Waals surface area contributed by atoms with Crippen LogP contribution in [0.1, 0.15) is 18.7 Å². The molecule has 0 aromatic carbocycles. The van der Waals surface area contributed by atoms with E-state index in [4.69, 9.17) is 10.6 Å². The summed E-state index contributed by atoms with van der Waals surface area (Å²) in [7, 11) is 0. The van der Waals surface area contributed by atoms with E-state index in [-0.39, 0.29) is 18.1 Å². The van der Waals surface area contributed by atoms with Crippen LogP contribution in [-0.4, -0.2) is 21.1 Å². The molecule has 20 heavy (non-hydrogen) atoms. The first-order valence-corrected chi connectivity index (χ1v) is 7.55. The molecule has 0 bridgehead atoms. The van der Waals surface area contributed by atoms with Gasteiger partial charge in [-0.3, -0.25) is 5.43 Å². The lowest BCUT2D eigenvalue weighted by Gasteiger charge is -2.10. The van der Waals surface area contributed by atoms with Crippen molar-refractivity contribution in [1.29, 1.82) is 0 Å². The lowest BCUT2D eigenvalue weighted by molar-refractivity contribution is 0.222. The van der Waals surface area contributed by atoms with Crippen LogP contribution in [0.4, 0.5) is 11.9 Å². The maximum absolute atomic E-state index is 5.45. The van der Waals surface area contributed by atoms with Gasteiger partial charge in [0.25, 0.3) is 0 Å². The van der Waals surface area contributed by atoms with E-state index >= 15 is 0 Å². The molecule has 4 N–H and O–H groups in total. The fraction of sp³-hybridized carbons (Fsp3) is 0.364. The Hall–Kier alpha value is -1.45. The molecule has 0 aliphatic carbocycles. The predicted octanol–water partition coefficient (Wildman–Crippen LogP) is 2.38. The summed E-state index contributed by atoms with van der Waals surface area (Å²) in [6.45, 7) is 4.41. The van der Waals surface area contributed by atoms with E-state index in [1.807, 2.05) is 26.0 Å². The van der Waals surface area contributed by atoms with Crippen LogP contribution in [0.25, 0.3) is 0 Å². The van der Waals surface area contributed by atoms with Crippen molar-refractivity contribution < 1.29 is 4.74 Å². The van der Waals surface area contributed by atoms with E-state index in [1.54, 1.807) is 11.3 Å². The Kier molecular flexibility index (Phi) is 5.10. The molecular formula is C11H15BrN6OS. The lowest BCUT2D eigenvalue weighted by Crippen LogP contribution is -2.16. The Morgan fingerprint density at radius 3 is 2.65 bits per heavy atom. The van der Waals surface area contributed by atoms with Crippen LogP contribution in [0.15, 0.2) is 15.9 Å². The molecule has 0 fully saturated rings. The van der Waals surface area contributed by atoms with Crippen LogP contribution < -0.4 is 21.3 Å². The molecule has 2 rings (SSSR count). The largest absolute Gasteiger partial charge is 0.461 e. The highest BCUT2D eigenvalue weighted by molar-refractivity contribution is 9.11. The van der Waals surface area contributed by atoms with Crippen molar-refractivity contribution >= 4 is 39.2 Å². The average Bonchev–Trinajstić information content (AvgIpc) is 2.81. The highest BCUT2D eigenvalue weighted by Gasteiger charge is 2.08. The number of thiophene rings is 1. The zero-order valence-electron chi connectivity index (χ0n) is 11.1. The fourth-order valence-electron chi connectivity index (χ4n) is 1.38. The van der Waals surface area contributed by atoms with Gasteiger partial charge in [0, 0.05) is 4.88 Å². The van der Waals surface area contributed by atoms with E-state index in [0.717, 1.165) is 8.66 Å². The van der Waals surface area contributed by atoms with Gasteiger partial charge in [-0.05, 0) is 41.9 Å². The van der Waals surface area contributed by atoms with Gasteiger partial charge in [0.05, 0.1) is 16.4 Å². The number of aromatic nitrogens is 3. The van der Waals surface area contributed by atoms with E-state index in [0.29, 0.717) is 12.5 Å². The topological polar surface area (TPSA) is 98.0 Å². The third-order valence-corrected chi connectivity index (χ3v) is 3.76. The van der Waals surface area contributed by atoms with Crippen molar-refractivity contribution in [2.24, 2.45) is 5.84 Å². The van der Waals surface area contributed by atoms with Crippen LogP contribution >= 0.6 is 27.3 Å². The molecule has 9 heteroatoms. The van der Waals surface area contributed by atoms with Crippen molar-refractivity contribution in [2.75, 3.05) is 10.7 Å². The number of nitrogen functional groups attached to an aromatic ring is 1. The minimum absolute atomic E-state index is 0.0240. The quantitative estimate of drug-likeness (QED) is 0.538. The van der Waals surface area contributed by atoms with Crippen molar-refractivity contribution in [3.63, 3.8) is 0 Å². The van der Waals surface area contributed by atoms with Gasteiger partial charge in [0.2, 0.25) is 11.9 Å². The molecule has 0 unspecified atom stereocenters. The number of hydrogen-bond donors (Lipinski definition) is 3. The number of nitrogens with one attached hydrogen (secondary N) is 2. The molecule has 0 radical (unpaired) electrons. The molecule has 108 valence electrons. The van der Waals surface area contributed by atoms with E-state index < -0.39 is 0 Å². The third-order valence-electron chi connectivity index (χ3n) is 2.13. The van der Waals surface area contributed by atoms with E-state index in [2.05, 4.69) is 41.6 Å². The van der Waals surface area contributed by atoms with Gasteiger partial charge in [0.1, 0.15) is 0 Å². The smallest absolute Gasteiger partial charge is 0.323 e. The monoisotopic (exact) mass is 358 g/mol. The maximum atomic E-state index is 5.45. The molecule has 0 amide bonds. The minimum Gasteiger partial charge on any atom is -0.461 e. The molecule has 2 aromatic rings. The second-order valence-electron chi connectivity index (χ2n) is 4.14. The first-order chi connectivity index (χ1) is 9.56. The summed E-state index contributed by atoms with van der Waals surface area (Å²) in [6, 6.07) is 4.25. The first kappa shape index (κ1) is 14.9. The van der Waals surface area contributed by atoms with Crippen LogP contribution in [-0.2, 0) is 6.54 Å². The summed E-state index contributed by atoms with van der Waals surface area (Å²) in [4.78, 5) is 13.5. The SMILES string of the molecule is CC(C)Oc1nc(NN)nc(NCc2ccc(Br)s2)n1. The summed E-state index contributed by atoms with van der Waals surface area (Å²) in [5.74, 6) is 6.00. The number of nitrogens with two attached hydrogens (primary N) is 1. The highest BCUT2D eigenvalue weighted by atomic mass is 79.9. The summed E-state index contributed by atoms with van der Waals surface area (Å²) in [6.07, 6.45) is -0.0240. The normalized spacial score (nSPS) is 10.7. The van der Waals surface area contributed by atoms with E-state index in [1.165, 1.54) is 0 Å². The van der Waals surface area contributed by atoms with Crippen LogP contribution in [0.5, 0.6) is 6.01 Å². The third kappa shape index (κ3) is 4.29. The van der Waals surface area contributed by atoms with Crippen molar-refractivity contribution in [2.45, 2.75) is 26.5 Å². The fourth-order valence-corrected chi connectivity index (χ4v) is 2.80. The number of hydrogen-bond acceptors (Lipinski definition) is 8. The maximum Gasteiger partial charge on any atom is 0.323 e. The molecule has 0 aliphatic heterocycles. The average molecular weight is 359 g/mol. The van der Waals surface area contributed by atoms with Gasteiger partial charge in [-0.25, -0.2) is 5.84 Å². The highest BCUT2D eigenvalue weighted by Crippen LogP contribution is 2.22. The van der Waals surface area contributed by atoms with Crippen molar-refractivity contribution in [3.05, 3.63) is 20.8 Å². The Bertz CT molecular complexity index is 576. The number of nitrogens with zero attached hydrogens (tertiary/aromatic N) is 3. The number of anilines is 2. The first-order valence-electron chi connectivity index (χ1n) is 5.94. The lowest BCUT2D eigenvalue weighted by atomic mass is 10.5.